The molecule has 0 aromatic rings. The molecule has 2 aliphatic rings. The van der Waals surface area contributed by atoms with Crippen LogP contribution < -0.4 is 0 Å². The molecule has 0 aliphatic heterocycles. The maximum Gasteiger partial charge on any atom is 0.0606 e. The molecule has 1 N–H and O–H groups in total. The summed E-state index contributed by atoms with van der Waals surface area (Å²) in [5.74, 6) is -0.192. The summed E-state index contributed by atoms with van der Waals surface area (Å²) < 4.78 is 23.7. The van der Waals surface area contributed by atoms with Gasteiger partial charge < -0.3 is 5.11 Å². The second-order valence-corrected chi connectivity index (χ2v) is 4.64. The average molecular weight is 157 g/mol. The Morgan fingerprint density at radius 3 is 2.45 bits per heavy atom. The van der Waals surface area contributed by atoms with Gasteiger partial charge in [0.15, 0.2) is 0 Å². The van der Waals surface area contributed by atoms with Gasteiger partial charge in [0.25, 0.3) is 0 Å². The number of hydrogen-bond acceptors (Lipinski definition) is 1. The zero-order valence-electron chi connectivity index (χ0n) is 10.4. The van der Waals surface area contributed by atoms with Crippen LogP contribution in [0.5, 0.6) is 0 Å². The minimum Gasteiger partial charge on any atom is -0.393 e. The zero-order valence-corrected chi connectivity index (χ0v) is 7.44. The van der Waals surface area contributed by atoms with E-state index in [4.69, 9.17) is 4.11 Å². The van der Waals surface area contributed by atoms with Gasteiger partial charge in [0.1, 0.15) is 0 Å². The van der Waals surface area contributed by atoms with Crippen molar-refractivity contribution in [3.05, 3.63) is 0 Å². The van der Waals surface area contributed by atoms with Crippen molar-refractivity contribution in [2.75, 3.05) is 0 Å². The Hall–Kier alpha value is -0.0400. The molecule has 2 fully saturated rings. The van der Waals surface area contributed by atoms with Crippen LogP contribution in [-0.2, 0) is 0 Å². The number of fused-ring (bicyclic) bond motifs is 2. The van der Waals surface area contributed by atoms with E-state index in [0.29, 0.717) is 0 Å². The molecule has 3 atom stereocenters. The smallest absolute Gasteiger partial charge is 0.0606 e. The molecule has 1 nitrogen and oxygen atoms in total. The molecular weight excluding hydrogens is 136 g/mol. The van der Waals surface area contributed by atoms with E-state index >= 15 is 0 Å². The van der Waals surface area contributed by atoms with Crippen LogP contribution in [0.2, 0.25) is 0 Å². The number of aliphatic hydroxyl groups is 1. The van der Waals surface area contributed by atoms with Gasteiger partial charge in [0.05, 0.1) is 7.45 Å². The molecule has 0 saturated heterocycles. The van der Waals surface area contributed by atoms with Gasteiger partial charge in [-0.3, -0.25) is 0 Å². The SMILES string of the molecule is [2H]C1([2H])[C@H]2CC[C@](C)(C2(C)C)[C@]1([2H])O. The topological polar surface area (TPSA) is 20.2 Å². The fourth-order valence-electron chi connectivity index (χ4n) is 2.50. The molecule has 0 aromatic carbocycles. The largest absolute Gasteiger partial charge is 0.393 e. The first-order valence-electron chi connectivity index (χ1n) is 5.81. The number of hydrogen-bond donors (Lipinski definition) is 1. The lowest BCUT2D eigenvalue weighted by Gasteiger charge is -2.36. The molecule has 0 spiro atoms. The maximum absolute atomic E-state index is 10.1. The summed E-state index contributed by atoms with van der Waals surface area (Å²) in [7, 11) is 0. The summed E-state index contributed by atoms with van der Waals surface area (Å²) in [6, 6.07) is 0. The fraction of sp³-hybridized carbons (Fsp3) is 1.00. The lowest BCUT2D eigenvalue weighted by Crippen LogP contribution is -2.35. The molecule has 11 heavy (non-hydrogen) atoms. The van der Waals surface area contributed by atoms with Gasteiger partial charge in [0.2, 0.25) is 0 Å². The summed E-state index contributed by atoms with van der Waals surface area (Å²) in [5, 5.41) is 10.1. The molecule has 2 aliphatic carbocycles. The van der Waals surface area contributed by atoms with Gasteiger partial charge in [-0.1, -0.05) is 20.8 Å². The van der Waals surface area contributed by atoms with Crippen LogP contribution in [0, 0.1) is 16.7 Å². The standard InChI is InChI=1S/C10H18O/c1-9(2)7-4-5-10(9,3)8(11)6-7/h7-8,11H,4-6H2,1-3H3/t7-,8-,10+/m1/s1/i6D2,8D. The van der Waals surface area contributed by atoms with Crippen molar-refractivity contribution in [3.63, 3.8) is 0 Å². The predicted molar refractivity (Wildman–Crippen MR) is 45.2 cm³/mol. The first kappa shape index (κ1) is 4.86. The van der Waals surface area contributed by atoms with Gasteiger partial charge >= 0.3 is 0 Å². The van der Waals surface area contributed by atoms with E-state index in [2.05, 4.69) is 0 Å². The van der Waals surface area contributed by atoms with Crippen LogP contribution >= 0.6 is 0 Å². The van der Waals surface area contributed by atoms with Crippen LogP contribution in [-0.4, -0.2) is 11.2 Å². The quantitative estimate of drug-likeness (QED) is 0.571. The maximum atomic E-state index is 10.1. The van der Waals surface area contributed by atoms with E-state index in [0.717, 1.165) is 12.8 Å². The van der Waals surface area contributed by atoms with Gasteiger partial charge in [0, 0.05) is 2.74 Å². The predicted octanol–water partition coefficient (Wildman–Crippen LogP) is 2.19. The van der Waals surface area contributed by atoms with Crippen molar-refractivity contribution in [2.24, 2.45) is 16.7 Å². The minimum atomic E-state index is -1.94. The molecule has 64 valence electrons. The Balaban J connectivity index is 2.62. The van der Waals surface area contributed by atoms with Crippen molar-refractivity contribution in [3.8, 4) is 0 Å². The normalized spacial score (nSPS) is 68.7. The van der Waals surface area contributed by atoms with E-state index in [1.54, 1.807) is 0 Å². The molecule has 1 heteroatoms. The summed E-state index contributed by atoms with van der Waals surface area (Å²) in [6.07, 6.45) is -2.17. The monoisotopic (exact) mass is 157 g/mol. The van der Waals surface area contributed by atoms with Gasteiger partial charge in [-0.2, -0.15) is 0 Å². The minimum absolute atomic E-state index is 0.192. The Labute approximate surface area is 73.0 Å². The Bertz CT molecular complexity index is 277. The Kier molecular flexibility index (Phi) is 0.804. The summed E-state index contributed by atoms with van der Waals surface area (Å²) in [5.41, 5.74) is -0.902. The van der Waals surface area contributed by atoms with Gasteiger partial charge in [-0.15, -0.1) is 0 Å². The lowest BCUT2D eigenvalue weighted by molar-refractivity contribution is 0.0126. The summed E-state index contributed by atoms with van der Waals surface area (Å²) >= 11 is 0. The molecule has 0 heterocycles. The second-order valence-electron chi connectivity index (χ2n) is 4.64. The van der Waals surface area contributed by atoms with Crippen molar-refractivity contribution in [1.82, 2.24) is 0 Å². The van der Waals surface area contributed by atoms with Crippen LogP contribution in [0.1, 0.15) is 44.1 Å². The Morgan fingerprint density at radius 2 is 2.18 bits per heavy atom. The van der Waals surface area contributed by atoms with Crippen molar-refractivity contribution >= 4 is 0 Å². The van der Waals surface area contributed by atoms with E-state index in [1.165, 1.54) is 0 Å². The van der Waals surface area contributed by atoms with Gasteiger partial charge in [-0.05, 0) is 36.0 Å². The molecular formula is C10H18O. The molecule has 2 rings (SSSR count). The van der Waals surface area contributed by atoms with Crippen molar-refractivity contribution < 1.29 is 9.22 Å². The van der Waals surface area contributed by atoms with E-state index in [9.17, 15) is 5.11 Å². The summed E-state index contributed by atoms with van der Waals surface area (Å²) in [4.78, 5) is 0. The van der Waals surface area contributed by atoms with E-state index in [1.807, 2.05) is 20.8 Å². The molecule has 2 bridgehead atoms. The molecule has 2 saturated carbocycles. The molecule has 0 radical (unpaired) electrons. The highest BCUT2D eigenvalue weighted by Gasteiger charge is 2.60. The van der Waals surface area contributed by atoms with Crippen LogP contribution in [0.25, 0.3) is 0 Å². The third-order valence-corrected chi connectivity index (χ3v) is 4.06. The lowest BCUT2D eigenvalue weighted by atomic mass is 9.70. The fourth-order valence-corrected chi connectivity index (χ4v) is 2.50. The Morgan fingerprint density at radius 1 is 1.55 bits per heavy atom. The molecule has 0 aromatic heterocycles. The second kappa shape index (κ2) is 1.82. The van der Waals surface area contributed by atoms with Crippen LogP contribution in [0.3, 0.4) is 0 Å². The first-order chi connectivity index (χ1) is 6.09. The average Bonchev–Trinajstić information content (AvgIpc) is 2.26. The third-order valence-electron chi connectivity index (χ3n) is 4.06. The van der Waals surface area contributed by atoms with Crippen molar-refractivity contribution in [1.29, 1.82) is 0 Å². The third kappa shape index (κ3) is 0.658. The summed E-state index contributed by atoms with van der Waals surface area (Å²) in [6.45, 7) is 5.81. The zero-order chi connectivity index (χ0) is 11.0. The molecule has 0 amide bonds. The number of rotatable bonds is 0. The highest BCUT2D eigenvalue weighted by Crippen LogP contribution is 2.65. The van der Waals surface area contributed by atoms with Crippen LogP contribution in [0.15, 0.2) is 0 Å². The van der Waals surface area contributed by atoms with E-state index in [-0.39, 0.29) is 11.3 Å². The highest BCUT2D eigenvalue weighted by molar-refractivity contribution is 5.10. The van der Waals surface area contributed by atoms with Gasteiger partial charge in [-0.25, -0.2) is 0 Å². The van der Waals surface area contributed by atoms with Crippen molar-refractivity contribution in [2.45, 2.75) is 46.1 Å². The highest BCUT2D eigenvalue weighted by atomic mass is 16.3. The van der Waals surface area contributed by atoms with E-state index < -0.39 is 17.9 Å². The van der Waals surface area contributed by atoms with Crippen LogP contribution in [0.4, 0.5) is 0 Å². The molecule has 0 unspecified atom stereocenters. The first-order valence-corrected chi connectivity index (χ1v) is 4.31.